The van der Waals surface area contributed by atoms with Gasteiger partial charge in [-0.2, -0.15) is 0 Å². The van der Waals surface area contributed by atoms with Crippen LogP contribution >= 0.6 is 0 Å². The van der Waals surface area contributed by atoms with Crippen molar-refractivity contribution >= 4 is 11.3 Å². The summed E-state index contributed by atoms with van der Waals surface area (Å²) in [6.07, 6.45) is 3.03. The van der Waals surface area contributed by atoms with E-state index in [9.17, 15) is 0 Å². The first kappa shape index (κ1) is 10.1. The average molecular weight is 205 g/mol. The summed E-state index contributed by atoms with van der Waals surface area (Å²) in [5, 5.41) is 0. The number of ether oxygens (including phenoxy) is 2. The minimum Gasteiger partial charge on any atom is -0.496 e. The Bertz CT molecular complexity index is 385. The van der Waals surface area contributed by atoms with Crippen molar-refractivity contribution in [2.24, 2.45) is 0 Å². The Morgan fingerprint density at radius 3 is 2.93 bits per heavy atom. The number of nitrogen functional groups attached to an aromatic ring is 1. The Labute approximate surface area is 89.5 Å². The minimum atomic E-state index is 0.683. The van der Waals surface area contributed by atoms with Crippen molar-refractivity contribution in [1.29, 1.82) is 0 Å². The van der Waals surface area contributed by atoms with Gasteiger partial charge in [0.1, 0.15) is 5.75 Å². The largest absolute Gasteiger partial charge is 0.496 e. The third-order valence-electron chi connectivity index (χ3n) is 2.53. The predicted molar refractivity (Wildman–Crippen MR) is 60.8 cm³/mol. The Morgan fingerprint density at radius 2 is 2.27 bits per heavy atom. The Morgan fingerprint density at radius 1 is 1.40 bits per heavy atom. The Kier molecular flexibility index (Phi) is 2.92. The highest BCUT2D eigenvalue weighted by Gasteiger charge is 2.11. The molecule has 80 valence electrons. The van der Waals surface area contributed by atoms with Gasteiger partial charge in [-0.05, 0) is 24.1 Å². The van der Waals surface area contributed by atoms with Crippen LogP contribution in [0.4, 0.5) is 5.69 Å². The maximum Gasteiger partial charge on any atom is 0.128 e. The second kappa shape index (κ2) is 4.36. The Balaban J connectivity index is 2.38. The monoisotopic (exact) mass is 205 g/mol. The van der Waals surface area contributed by atoms with E-state index in [2.05, 4.69) is 6.08 Å². The molecule has 0 bridgehead atoms. The van der Waals surface area contributed by atoms with E-state index in [0.717, 1.165) is 30.0 Å². The molecule has 0 aromatic heterocycles. The fraction of sp³-hybridized carbons (Fsp3) is 0.333. The third-order valence-corrected chi connectivity index (χ3v) is 2.53. The first-order chi connectivity index (χ1) is 7.31. The highest BCUT2D eigenvalue weighted by atomic mass is 16.5. The molecule has 0 radical (unpaired) electrons. The van der Waals surface area contributed by atoms with Crippen LogP contribution < -0.4 is 10.5 Å². The first-order valence-corrected chi connectivity index (χ1v) is 5.02. The van der Waals surface area contributed by atoms with Gasteiger partial charge in [-0.25, -0.2) is 0 Å². The highest BCUT2D eigenvalue weighted by Crippen LogP contribution is 2.31. The van der Waals surface area contributed by atoms with E-state index in [1.807, 2.05) is 18.2 Å². The van der Waals surface area contributed by atoms with E-state index in [0.29, 0.717) is 6.61 Å². The molecule has 3 nitrogen and oxygen atoms in total. The second-order valence-electron chi connectivity index (χ2n) is 3.51. The number of hydrogen-bond donors (Lipinski definition) is 1. The molecule has 1 aliphatic rings. The van der Waals surface area contributed by atoms with E-state index < -0.39 is 0 Å². The molecule has 1 aromatic carbocycles. The first-order valence-electron chi connectivity index (χ1n) is 5.02. The van der Waals surface area contributed by atoms with E-state index in [-0.39, 0.29) is 0 Å². The fourth-order valence-corrected chi connectivity index (χ4v) is 1.74. The summed E-state index contributed by atoms with van der Waals surface area (Å²) in [5.41, 5.74) is 8.83. The lowest BCUT2D eigenvalue weighted by Crippen LogP contribution is -2.05. The van der Waals surface area contributed by atoms with Gasteiger partial charge in [0.05, 0.1) is 20.3 Å². The number of rotatable bonds is 2. The molecule has 0 fully saturated rings. The van der Waals surface area contributed by atoms with Gasteiger partial charge in [0, 0.05) is 17.3 Å². The van der Waals surface area contributed by atoms with Gasteiger partial charge < -0.3 is 15.2 Å². The van der Waals surface area contributed by atoms with Crippen molar-refractivity contribution in [3.05, 3.63) is 29.8 Å². The number of methoxy groups -OCH3 is 1. The molecule has 0 atom stereocenters. The minimum absolute atomic E-state index is 0.683. The summed E-state index contributed by atoms with van der Waals surface area (Å²) in [5.74, 6) is 0.836. The standard InChI is InChI=1S/C12H15NO2/c1-14-12-8-10(13)2-3-11(12)9-4-6-15-7-5-9/h2-4,8H,5-7,13H2,1H3. The van der Waals surface area contributed by atoms with Gasteiger partial charge in [0.2, 0.25) is 0 Å². The van der Waals surface area contributed by atoms with Gasteiger partial charge >= 0.3 is 0 Å². The Hall–Kier alpha value is -1.48. The SMILES string of the molecule is COc1cc(N)ccc1C1=CCOCC1. The van der Waals surface area contributed by atoms with Crippen molar-refractivity contribution in [2.75, 3.05) is 26.1 Å². The zero-order valence-electron chi connectivity index (χ0n) is 8.82. The third kappa shape index (κ3) is 2.13. The zero-order valence-corrected chi connectivity index (χ0v) is 8.82. The van der Waals surface area contributed by atoms with Crippen molar-refractivity contribution in [3.63, 3.8) is 0 Å². The lowest BCUT2D eigenvalue weighted by Gasteiger charge is -2.16. The summed E-state index contributed by atoms with van der Waals surface area (Å²) in [6.45, 7) is 1.46. The van der Waals surface area contributed by atoms with Gasteiger partial charge in [0.25, 0.3) is 0 Å². The molecule has 1 aromatic rings. The van der Waals surface area contributed by atoms with Crippen molar-refractivity contribution in [3.8, 4) is 5.75 Å². The smallest absolute Gasteiger partial charge is 0.128 e. The quantitative estimate of drug-likeness (QED) is 0.752. The molecular weight excluding hydrogens is 190 g/mol. The van der Waals surface area contributed by atoms with Crippen LogP contribution in [0.15, 0.2) is 24.3 Å². The summed E-state index contributed by atoms with van der Waals surface area (Å²) in [7, 11) is 1.66. The van der Waals surface area contributed by atoms with Crippen molar-refractivity contribution in [1.82, 2.24) is 0 Å². The molecule has 2 N–H and O–H groups in total. The molecule has 15 heavy (non-hydrogen) atoms. The molecule has 0 unspecified atom stereocenters. The normalized spacial score (nSPS) is 15.9. The van der Waals surface area contributed by atoms with Gasteiger partial charge in [-0.1, -0.05) is 6.08 Å². The van der Waals surface area contributed by atoms with Gasteiger partial charge in [-0.3, -0.25) is 0 Å². The van der Waals surface area contributed by atoms with E-state index in [1.165, 1.54) is 5.57 Å². The van der Waals surface area contributed by atoms with Crippen LogP contribution in [-0.4, -0.2) is 20.3 Å². The maximum atomic E-state index is 5.71. The van der Waals surface area contributed by atoms with E-state index in [4.69, 9.17) is 15.2 Å². The van der Waals surface area contributed by atoms with E-state index in [1.54, 1.807) is 7.11 Å². The molecule has 0 saturated carbocycles. The fourth-order valence-electron chi connectivity index (χ4n) is 1.74. The van der Waals surface area contributed by atoms with Crippen LogP contribution in [0.1, 0.15) is 12.0 Å². The van der Waals surface area contributed by atoms with Crippen LogP contribution in [0.5, 0.6) is 5.75 Å². The molecule has 0 spiro atoms. The molecular formula is C12H15NO2. The van der Waals surface area contributed by atoms with Gasteiger partial charge in [-0.15, -0.1) is 0 Å². The molecule has 1 aliphatic heterocycles. The number of hydrogen-bond acceptors (Lipinski definition) is 3. The van der Waals surface area contributed by atoms with Crippen LogP contribution in [0, 0.1) is 0 Å². The van der Waals surface area contributed by atoms with Crippen LogP contribution in [-0.2, 0) is 4.74 Å². The molecule has 0 amide bonds. The highest BCUT2D eigenvalue weighted by molar-refractivity contribution is 5.73. The summed E-state index contributed by atoms with van der Waals surface area (Å²) < 4.78 is 10.6. The zero-order chi connectivity index (χ0) is 10.7. The molecule has 0 saturated heterocycles. The number of benzene rings is 1. The van der Waals surface area contributed by atoms with Crippen LogP contribution in [0.25, 0.3) is 5.57 Å². The summed E-state index contributed by atoms with van der Waals surface area (Å²) in [4.78, 5) is 0. The molecule has 0 aliphatic carbocycles. The molecule has 1 heterocycles. The summed E-state index contributed by atoms with van der Waals surface area (Å²) in [6, 6.07) is 5.76. The number of nitrogens with two attached hydrogens (primary N) is 1. The van der Waals surface area contributed by atoms with Gasteiger partial charge in [0.15, 0.2) is 0 Å². The average Bonchev–Trinajstić information content (AvgIpc) is 2.30. The van der Waals surface area contributed by atoms with E-state index >= 15 is 0 Å². The number of anilines is 1. The molecule has 3 heteroatoms. The predicted octanol–water partition coefficient (Wildman–Crippen LogP) is 2.08. The van der Waals surface area contributed by atoms with Crippen molar-refractivity contribution < 1.29 is 9.47 Å². The second-order valence-corrected chi connectivity index (χ2v) is 3.51. The van der Waals surface area contributed by atoms with Crippen molar-refractivity contribution in [2.45, 2.75) is 6.42 Å². The lowest BCUT2D eigenvalue weighted by molar-refractivity contribution is 0.161. The maximum absolute atomic E-state index is 5.71. The molecule has 2 rings (SSSR count). The topological polar surface area (TPSA) is 44.5 Å². The van der Waals surface area contributed by atoms with Crippen LogP contribution in [0.3, 0.4) is 0 Å². The lowest BCUT2D eigenvalue weighted by atomic mass is 10.0. The summed E-state index contributed by atoms with van der Waals surface area (Å²) >= 11 is 0. The van der Waals surface area contributed by atoms with Crippen LogP contribution in [0.2, 0.25) is 0 Å².